The molecule has 0 fully saturated rings. The standard InChI is InChI=1S/C20H27N5O2S/c1-12(2)21-19(27)24-20-23-16-5-6-25(10-17(16)28-20)11-18(26)22-15-8-13(3)7-14(4)9-15/h7-9,12H,5-6,10-11H2,1-4H3,(H,22,26)(H2,21,23,24,27). The average molecular weight is 402 g/mol. The average Bonchev–Trinajstić information content (AvgIpc) is 2.93. The summed E-state index contributed by atoms with van der Waals surface area (Å²) in [6.07, 6.45) is 0.774. The number of carbonyl (C=O) groups excluding carboxylic acids is 2. The van der Waals surface area contributed by atoms with Gasteiger partial charge in [0.2, 0.25) is 5.91 Å². The Morgan fingerprint density at radius 3 is 2.57 bits per heavy atom. The van der Waals surface area contributed by atoms with E-state index in [-0.39, 0.29) is 18.0 Å². The van der Waals surface area contributed by atoms with E-state index < -0.39 is 0 Å². The Morgan fingerprint density at radius 1 is 1.18 bits per heavy atom. The van der Waals surface area contributed by atoms with Crippen molar-refractivity contribution in [2.75, 3.05) is 23.7 Å². The minimum Gasteiger partial charge on any atom is -0.336 e. The summed E-state index contributed by atoms with van der Waals surface area (Å²) < 4.78 is 0. The van der Waals surface area contributed by atoms with E-state index in [1.54, 1.807) is 0 Å². The maximum Gasteiger partial charge on any atom is 0.321 e. The van der Waals surface area contributed by atoms with E-state index in [9.17, 15) is 9.59 Å². The number of rotatable bonds is 5. The maximum absolute atomic E-state index is 12.4. The van der Waals surface area contributed by atoms with E-state index in [4.69, 9.17) is 0 Å². The van der Waals surface area contributed by atoms with Crippen molar-refractivity contribution in [3.05, 3.63) is 39.9 Å². The normalized spacial score (nSPS) is 13.9. The molecule has 0 unspecified atom stereocenters. The second kappa shape index (κ2) is 8.70. The van der Waals surface area contributed by atoms with Gasteiger partial charge >= 0.3 is 6.03 Å². The predicted molar refractivity (Wildman–Crippen MR) is 113 cm³/mol. The van der Waals surface area contributed by atoms with Crippen LogP contribution in [-0.4, -0.2) is 41.0 Å². The summed E-state index contributed by atoms with van der Waals surface area (Å²) in [6, 6.07) is 5.86. The highest BCUT2D eigenvalue weighted by atomic mass is 32.1. The third-order valence-electron chi connectivity index (χ3n) is 4.32. The monoisotopic (exact) mass is 401 g/mol. The molecular weight excluding hydrogens is 374 g/mol. The Bertz CT molecular complexity index is 857. The summed E-state index contributed by atoms with van der Waals surface area (Å²) in [5.41, 5.74) is 4.10. The van der Waals surface area contributed by atoms with Gasteiger partial charge in [0.25, 0.3) is 0 Å². The van der Waals surface area contributed by atoms with Gasteiger partial charge in [-0.05, 0) is 51.0 Å². The predicted octanol–water partition coefficient (Wildman–Crippen LogP) is 3.29. The number of amides is 3. The third-order valence-corrected chi connectivity index (χ3v) is 5.32. The van der Waals surface area contributed by atoms with Crippen LogP contribution in [0.25, 0.3) is 0 Å². The van der Waals surface area contributed by atoms with E-state index in [1.165, 1.54) is 11.3 Å². The molecule has 28 heavy (non-hydrogen) atoms. The topological polar surface area (TPSA) is 86.4 Å². The van der Waals surface area contributed by atoms with Gasteiger partial charge in [0.15, 0.2) is 5.13 Å². The van der Waals surface area contributed by atoms with Crippen LogP contribution >= 0.6 is 11.3 Å². The lowest BCUT2D eigenvalue weighted by atomic mass is 10.1. The first-order chi connectivity index (χ1) is 13.3. The summed E-state index contributed by atoms with van der Waals surface area (Å²) in [7, 11) is 0. The molecule has 8 heteroatoms. The number of nitrogens with one attached hydrogen (secondary N) is 3. The largest absolute Gasteiger partial charge is 0.336 e. The molecule has 0 aliphatic carbocycles. The first-order valence-corrected chi connectivity index (χ1v) is 10.3. The molecular formula is C20H27N5O2S. The highest BCUT2D eigenvalue weighted by Gasteiger charge is 2.23. The Morgan fingerprint density at radius 2 is 1.89 bits per heavy atom. The van der Waals surface area contributed by atoms with Crippen LogP contribution < -0.4 is 16.0 Å². The van der Waals surface area contributed by atoms with Gasteiger partial charge in [0.05, 0.1) is 12.2 Å². The molecule has 150 valence electrons. The molecule has 3 N–H and O–H groups in total. The molecule has 7 nitrogen and oxygen atoms in total. The van der Waals surface area contributed by atoms with E-state index in [2.05, 4.69) is 31.9 Å². The first-order valence-electron chi connectivity index (χ1n) is 9.45. The fourth-order valence-corrected chi connectivity index (χ4v) is 4.33. The lowest BCUT2D eigenvalue weighted by molar-refractivity contribution is -0.117. The molecule has 0 saturated heterocycles. The molecule has 2 heterocycles. The highest BCUT2D eigenvalue weighted by Crippen LogP contribution is 2.28. The van der Waals surface area contributed by atoms with Gasteiger partial charge in [-0.1, -0.05) is 6.07 Å². The summed E-state index contributed by atoms with van der Waals surface area (Å²) in [5.74, 6) is -0.0207. The van der Waals surface area contributed by atoms with Gasteiger partial charge in [-0.2, -0.15) is 0 Å². The van der Waals surface area contributed by atoms with Crippen LogP contribution in [0.1, 0.15) is 35.5 Å². The Balaban J connectivity index is 1.56. The van der Waals surface area contributed by atoms with Crippen molar-refractivity contribution in [2.24, 2.45) is 0 Å². The van der Waals surface area contributed by atoms with Crippen LogP contribution in [0.5, 0.6) is 0 Å². The van der Waals surface area contributed by atoms with Crippen LogP contribution in [0.2, 0.25) is 0 Å². The van der Waals surface area contributed by atoms with Gasteiger partial charge < -0.3 is 10.6 Å². The van der Waals surface area contributed by atoms with Crippen molar-refractivity contribution in [3.8, 4) is 0 Å². The molecule has 0 saturated carbocycles. The van der Waals surface area contributed by atoms with Gasteiger partial charge in [0, 0.05) is 36.1 Å². The van der Waals surface area contributed by atoms with E-state index in [0.29, 0.717) is 18.2 Å². The first kappa shape index (κ1) is 20.3. The zero-order valence-electron chi connectivity index (χ0n) is 16.8. The molecule has 2 aromatic rings. The van der Waals surface area contributed by atoms with Crippen molar-refractivity contribution in [3.63, 3.8) is 0 Å². The minimum absolute atomic E-state index is 0.0207. The number of urea groups is 1. The lowest BCUT2D eigenvalue weighted by Crippen LogP contribution is -2.36. The second-order valence-electron chi connectivity index (χ2n) is 7.53. The van der Waals surface area contributed by atoms with Gasteiger partial charge in [-0.3, -0.25) is 15.0 Å². The molecule has 1 aliphatic heterocycles. The summed E-state index contributed by atoms with van der Waals surface area (Å²) in [4.78, 5) is 32.0. The fraction of sp³-hybridized carbons (Fsp3) is 0.450. The van der Waals surface area contributed by atoms with Crippen molar-refractivity contribution in [1.29, 1.82) is 0 Å². The van der Waals surface area contributed by atoms with Crippen molar-refractivity contribution < 1.29 is 9.59 Å². The van der Waals surface area contributed by atoms with Gasteiger partial charge in [-0.15, -0.1) is 11.3 Å². The molecule has 0 atom stereocenters. The zero-order valence-corrected chi connectivity index (χ0v) is 17.6. The number of carbonyl (C=O) groups is 2. The summed E-state index contributed by atoms with van der Waals surface area (Å²) >= 11 is 1.47. The maximum atomic E-state index is 12.4. The molecule has 0 bridgehead atoms. The number of aryl methyl sites for hydroxylation is 2. The minimum atomic E-state index is -0.245. The van der Waals surface area contributed by atoms with Crippen molar-refractivity contribution in [1.82, 2.24) is 15.2 Å². The van der Waals surface area contributed by atoms with Crippen molar-refractivity contribution in [2.45, 2.75) is 46.7 Å². The number of thiazole rings is 1. The van der Waals surface area contributed by atoms with Crippen molar-refractivity contribution >= 4 is 34.1 Å². The second-order valence-corrected chi connectivity index (χ2v) is 8.61. The Kier molecular flexibility index (Phi) is 6.31. The smallest absolute Gasteiger partial charge is 0.321 e. The quantitative estimate of drug-likeness (QED) is 0.718. The number of aromatic nitrogens is 1. The molecule has 1 aromatic heterocycles. The Labute approximate surface area is 169 Å². The summed E-state index contributed by atoms with van der Waals surface area (Å²) in [5, 5.41) is 9.17. The fourth-order valence-electron chi connectivity index (χ4n) is 3.28. The van der Waals surface area contributed by atoms with E-state index in [0.717, 1.165) is 40.4 Å². The Hall–Kier alpha value is -2.45. The van der Waals surface area contributed by atoms with Crippen LogP contribution in [0.3, 0.4) is 0 Å². The number of nitrogens with zero attached hydrogens (tertiary/aromatic N) is 2. The SMILES string of the molecule is Cc1cc(C)cc(NC(=O)CN2CCc3nc(NC(=O)NC(C)C)sc3C2)c1. The van der Waals surface area contributed by atoms with Crippen LogP contribution in [0.15, 0.2) is 18.2 Å². The number of hydrogen-bond donors (Lipinski definition) is 3. The summed E-state index contributed by atoms with van der Waals surface area (Å²) in [6.45, 7) is 9.63. The van der Waals surface area contributed by atoms with E-state index >= 15 is 0 Å². The number of fused-ring (bicyclic) bond motifs is 1. The molecule has 3 rings (SSSR count). The number of hydrogen-bond acceptors (Lipinski definition) is 5. The molecule has 1 aromatic carbocycles. The van der Waals surface area contributed by atoms with E-state index in [1.807, 2.05) is 39.8 Å². The zero-order chi connectivity index (χ0) is 20.3. The number of anilines is 2. The molecule has 1 aliphatic rings. The van der Waals surface area contributed by atoms with Gasteiger partial charge in [0.1, 0.15) is 0 Å². The third kappa shape index (κ3) is 5.53. The van der Waals surface area contributed by atoms with Crippen LogP contribution in [0, 0.1) is 13.8 Å². The molecule has 0 spiro atoms. The van der Waals surface area contributed by atoms with Crippen LogP contribution in [-0.2, 0) is 17.8 Å². The van der Waals surface area contributed by atoms with Gasteiger partial charge in [-0.25, -0.2) is 9.78 Å². The number of benzene rings is 1. The molecule has 0 radical (unpaired) electrons. The lowest BCUT2D eigenvalue weighted by Gasteiger charge is -2.25. The molecule has 3 amide bonds. The van der Waals surface area contributed by atoms with Crippen LogP contribution in [0.4, 0.5) is 15.6 Å². The highest BCUT2D eigenvalue weighted by molar-refractivity contribution is 7.15.